The third kappa shape index (κ3) is 2.41. The quantitative estimate of drug-likeness (QED) is 0.780. The van der Waals surface area contributed by atoms with Crippen molar-refractivity contribution in [1.29, 1.82) is 0 Å². The Morgan fingerprint density at radius 2 is 1.88 bits per heavy atom. The third-order valence-corrected chi connectivity index (χ3v) is 4.26. The van der Waals surface area contributed by atoms with Crippen molar-refractivity contribution in [3.8, 4) is 0 Å². The number of hydrogen-bond acceptors (Lipinski definition) is 3. The molecule has 1 saturated carbocycles. The summed E-state index contributed by atoms with van der Waals surface area (Å²) in [7, 11) is 0. The second-order valence-corrected chi connectivity index (χ2v) is 6.02. The molecule has 1 heterocycles. The van der Waals surface area contributed by atoms with Crippen LogP contribution < -0.4 is 5.73 Å². The zero-order valence-corrected chi connectivity index (χ0v) is 10.8. The largest absolute Gasteiger partial charge is 0.373 e. The van der Waals surface area contributed by atoms with Crippen LogP contribution in [0.5, 0.6) is 0 Å². The van der Waals surface area contributed by atoms with Crippen molar-refractivity contribution < 1.29 is 4.74 Å². The van der Waals surface area contributed by atoms with Gasteiger partial charge in [-0.15, -0.1) is 0 Å². The van der Waals surface area contributed by atoms with Crippen molar-refractivity contribution in [2.75, 3.05) is 26.2 Å². The minimum Gasteiger partial charge on any atom is -0.373 e. The van der Waals surface area contributed by atoms with E-state index in [4.69, 9.17) is 10.5 Å². The van der Waals surface area contributed by atoms with E-state index in [0.717, 1.165) is 26.2 Å². The normalized spacial score (nSPS) is 30.2. The molecule has 16 heavy (non-hydrogen) atoms. The van der Waals surface area contributed by atoms with Crippen molar-refractivity contribution in [2.24, 2.45) is 5.73 Å². The Kier molecular flexibility index (Phi) is 3.57. The van der Waals surface area contributed by atoms with Crippen LogP contribution >= 0.6 is 0 Å². The van der Waals surface area contributed by atoms with Gasteiger partial charge in [0.2, 0.25) is 0 Å². The van der Waals surface area contributed by atoms with Crippen molar-refractivity contribution in [1.82, 2.24) is 4.90 Å². The van der Waals surface area contributed by atoms with E-state index < -0.39 is 0 Å². The Morgan fingerprint density at radius 1 is 1.19 bits per heavy atom. The van der Waals surface area contributed by atoms with E-state index in [9.17, 15) is 0 Å². The monoisotopic (exact) mass is 226 g/mol. The molecule has 2 fully saturated rings. The topological polar surface area (TPSA) is 38.5 Å². The van der Waals surface area contributed by atoms with Gasteiger partial charge in [-0.25, -0.2) is 0 Å². The zero-order chi connectivity index (χ0) is 11.6. The van der Waals surface area contributed by atoms with E-state index in [2.05, 4.69) is 18.7 Å². The van der Waals surface area contributed by atoms with Gasteiger partial charge in [0, 0.05) is 25.2 Å². The summed E-state index contributed by atoms with van der Waals surface area (Å²) in [5, 5.41) is 0. The van der Waals surface area contributed by atoms with Gasteiger partial charge in [0.25, 0.3) is 0 Å². The Labute approximate surface area is 99.3 Å². The first kappa shape index (κ1) is 12.3. The molecule has 0 atom stereocenters. The lowest BCUT2D eigenvalue weighted by atomic mass is 9.79. The lowest BCUT2D eigenvalue weighted by Crippen LogP contribution is -2.62. The maximum absolute atomic E-state index is 6.08. The first-order valence-corrected chi connectivity index (χ1v) is 6.67. The number of nitrogens with two attached hydrogens (primary N) is 1. The van der Waals surface area contributed by atoms with Crippen LogP contribution in [0.4, 0.5) is 0 Å². The average molecular weight is 226 g/mol. The second-order valence-electron chi connectivity index (χ2n) is 6.02. The van der Waals surface area contributed by atoms with Gasteiger partial charge in [-0.05, 0) is 26.7 Å². The van der Waals surface area contributed by atoms with E-state index in [1.54, 1.807) is 0 Å². The predicted octanol–water partition coefficient (Wildman–Crippen LogP) is 1.76. The molecule has 0 amide bonds. The van der Waals surface area contributed by atoms with Gasteiger partial charge in [-0.2, -0.15) is 0 Å². The number of hydrogen-bond donors (Lipinski definition) is 1. The van der Waals surface area contributed by atoms with Crippen LogP contribution in [-0.2, 0) is 4.74 Å². The minimum atomic E-state index is -0.00212. The molecule has 0 spiro atoms. The zero-order valence-electron chi connectivity index (χ0n) is 10.8. The Hall–Kier alpha value is -0.120. The Balaban J connectivity index is 2.08. The van der Waals surface area contributed by atoms with Crippen LogP contribution in [0.25, 0.3) is 0 Å². The van der Waals surface area contributed by atoms with Crippen LogP contribution in [0, 0.1) is 0 Å². The average Bonchev–Trinajstić information content (AvgIpc) is 2.29. The van der Waals surface area contributed by atoms with Crippen LogP contribution in [0.3, 0.4) is 0 Å². The molecule has 0 aromatic carbocycles. The highest BCUT2D eigenvalue weighted by Gasteiger charge is 2.41. The minimum absolute atomic E-state index is 0.00212. The summed E-state index contributed by atoms with van der Waals surface area (Å²) in [6, 6.07) is 0. The lowest BCUT2D eigenvalue weighted by molar-refractivity contribution is -0.121. The number of rotatable bonds is 2. The molecule has 2 rings (SSSR count). The van der Waals surface area contributed by atoms with Crippen molar-refractivity contribution in [2.45, 2.75) is 57.1 Å². The molecule has 0 unspecified atom stereocenters. The van der Waals surface area contributed by atoms with Crippen LogP contribution in [-0.4, -0.2) is 42.3 Å². The lowest BCUT2D eigenvalue weighted by Gasteiger charge is -2.51. The van der Waals surface area contributed by atoms with Crippen LogP contribution in [0.15, 0.2) is 0 Å². The second kappa shape index (κ2) is 4.63. The molecule has 0 aromatic heterocycles. The Morgan fingerprint density at radius 3 is 2.44 bits per heavy atom. The molecule has 2 N–H and O–H groups in total. The van der Waals surface area contributed by atoms with Gasteiger partial charge < -0.3 is 10.5 Å². The molecule has 1 aliphatic heterocycles. The van der Waals surface area contributed by atoms with Gasteiger partial charge >= 0.3 is 0 Å². The molecule has 0 aromatic rings. The summed E-state index contributed by atoms with van der Waals surface area (Å²) in [4.78, 5) is 2.61. The van der Waals surface area contributed by atoms with Crippen molar-refractivity contribution in [3.05, 3.63) is 0 Å². The molecule has 1 saturated heterocycles. The maximum atomic E-state index is 6.08. The fourth-order valence-corrected chi connectivity index (χ4v) is 3.28. The fourth-order valence-electron chi connectivity index (χ4n) is 3.28. The summed E-state index contributed by atoms with van der Waals surface area (Å²) in [5.74, 6) is 0. The molecule has 3 heteroatoms. The van der Waals surface area contributed by atoms with Gasteiger partial charge in [0.05, 0.1) is 12.2 Å². The number of ether oxygens (including phenoxy) is 1. The van der Waals surface area contributed by atoms with Gasteiger partial charge in [-0.3, -0.25) is 4.90 Å². The summed E-state index contributed by atoms with van der Waals surface area (Å²) in [6.45, 7) is 8.13. The van der Waals surface area contributed by atoms with Crippen LogP contribution in [0.2, 0.25) is 0 Å². The van der Waals surface area contributed by atoms with E-state index in [1.165, 1.54) is 32.1 Å². The van der Waals surface area contributed by atoms with Crippen molar-refractivity contribution in [3.63, 3.8) is 0 Å². The van der Waals surface area contributed by atoms with E-state index in [1.807, 2.05) is 0 Å². The van der Waals surface area contributed by atoms with Crippen LogP contribution in [0.1, 0.15) is 46.0 Å². The highest BCUT2D eigenvalue weighted by atomic mass is 16.5. The SMILES string of the molecule is CC1(C)CN(C2(CN)CCCCC2)CCO1. The highest BCUT2D eigenvalue weighted by Crippen LogP contribution is 2.35. The van der Waals surface area contributed by atoms with E-state index in [-0.39, 0.29) is 11.1 Å². The van der Waals surface area contributed by atoms with Gasteiger partial charge in [0.15, 0.2) is 0 Å². The Bertz CT molecular complexity index is 234. The molecule has 0 bridgehead atoms. The number of morpholine rings is 1. The summed E-state index contributed by atoms with van der Waals surface area (Å²) in [5.41, 5.74) is 6.35. The molecule has 1 aliphatic carbocycles. The van der Waals surface area contributed by atoms with Crippen molar-refractivity contribution >= 4 is 0 Å². The molecule has 2 aliphatic rings. The summed E-state index contributed by atoms with van der Waals surface area (Å²) < 4.78 is 5.79. The van der Waals surface area contributed by atoms with Gasteiger partial charge in [0.1, 0.15) is 0 Å². The summed E-state index contributed by atoms with van der Waals surface area (Å²) >= 11 is 0. The maximum Gasteiger partial charge on any atom is 0.0753 e. The molecule has 0 radical (unpaired) electrons. The molecule has 94 valence electrons. The standard InChI is InChI=1S/C13H26N2O/c1-12(2)11-15(8-9-16-12)13(10-14)6-4-3-5-7-13/h3-11,14H2,1-2H3. The first-order valence-electron chi connectivity index (χ1n) is 6.67. The predicted molar refractivity (Wildman–Crippen MR) is 66.5 cm³/mol. The fraction of sp³-hybridized carbons (Fsp3) is 1.00. The van der Waals surface area contributed by atoms with E-state index in [0.29, 0.717) is 0 Å². The molecular weight excluding hydrogens is 200 g/mol. The third-order valence-electron chi connectivity index (χ3n) is 4.26. The molecular formula is C13H26N2O. The molecule has 3 nitrogen and oxygen atoms in total. The number of nitrogens with zero attached hydrogens (tertiary/aromatic N) is 1. The first-order chi connectivity index (χ1) is 7.58. The highest BCUT2D eigenvalue weighted by molar-refractivity contribution is 4.97. The van der Waals surface area contributed by atoms with E-state index >= 15 is 0 Å². The smallest absolute Gasteiger partial charge is 0.0753 e. The summed E-state index contributed by atoms with van der Waals surface area (Å²) in [6.07, 6.45) is 6.62. The van der Waals surface area contributed by atoms with Gasteiger partial charge in [-0.1, -0.05) is 19.3 Å².